The first-order valence-corrected chi connectivity index (χ1v) is 6.98. The van der Waals surface area contributed by atoms with Gasteiger partial charge in [0, 0.05) is 18.4 Å². The Hall–Kier alpha value is -1.67. The lowest BCUT2D eigenvalue weighted by Crippen LogP contribution is -2.27. The first kappa shape index (κ1) is 13.8. The van der Waals surface area contributed by atoms with Crippen molar-refractivity contribution in [1.82, 2.24) is 10.3 Å². The Morgan fingerprint density at radius 2 is 1.74 bits per heavy atom. The van der Waals surface area contributed by atoms with Crippen LogP contribution in [-0.2, 0) is 12.8 Å². The molecule has 0 spiro atoms. The van der Waals surface area contributed by atoms with Crippen LogP contribution in [0.25, 0.3) is 0 Å². The summed E-state index contributed by atoms with van der Waals surface area (Å²) in [7, 11) is 2.05. The fraction of sp³-hybridized carbons (Fsp3) is 0.353. The van der Waals surface area contributed by atoms with Gasteiger partial charge in [-0.3, -0.25) is 4.98 Å². The molecule has 19 heavy (non-hydrogen) atoms. The van der Waals surface area contributed by atoms with Crippen LogP contribution in [0.5, 0.6) is 0 Å². The molecule has 0 saturated carbocycles. The molecule has 2 nitrogen and oxygen atoms in total. The summed E-state index contributed by atoms with van der Waals surface area (Å²) >= 11 is 0. The van der Waals surface area contributed by atoms with Crippen molar-refractivity contribution in [2.24, 2.45) is 0 Å². The summed E-state index contributed by atoms with van der Waals surface area (Å²) in [6, 6.07) is 15.5. The van der Waals surface area contributed by atoms with Crippen molar-refractivity contribution >= 4 is 0 Å². The van der Waals surface area contributed by atoms with E-state index in [-0.39, 0.29) is 0 Å². The molecule has 1 heterocycles. The zero-order valence-electron chi connectivity index (χ0n) is 11.5. The van der Waals surface area contributed by atoms with E-state index in [1.807, 2.05) is 19.4 Å². The normalized spacial score (nSPS) is 12.3. The van der Waals surface area contributed by atoms with Gasteiger partial charge >= 0.3 is 0 Å². The maximum atomic E-state index is 4.06. The monoisotopic (exact) mass is 254 g/mol. The lowest BCUT2D eigenvalue weighted by molar-refractivity contribution is 0.502. The summed E-state index contributed by atoms with van der Waals surface area (Å²) < 4.78 is 0. The number of pyridine rings is 1. The van der Waals surface area contributed by atoms with Gasteiger partial charge in [0.25, 0.3) is 0 Å². The standard InChI is InChI=1S/C17H22N2/c1-18-17(14-16-10-12-19-13-11-16)9-5-8-15-6-3-2-4-7-15/h2-4,6-7,10-13,17-18H,5,8-9,14H2,1H3. The van der Waals surface area contributed by atoms with Crippen molar-refractivity contribution in [2.45, 2.75) is 31.7 Å². The first-order chi connectivity index (χ1) is 9.38. The number of aryl methyl sites for hydroxylation is 1. The number of nitrogens with one attached hydrogen (secondary N) is 1. The zero-order valence-corrected chi connectivity index (χ0v) is 11.5. The number of aromatic nitrogens is 1. The van der Waals surface area contributed by atoms with Crippen LogP contribution >= 0.6 is 0 Å². The van der Waals surface area contributed by atoms with Crippen LogP contribution in [0.3, 0.4) is 0 Å². The van der Waals surface area contributed by atoms with E-state index >= 15 is 0 Å². The van der Waals surface area contributed by atoms with E-state index in [0.29, 0.717) is 6.04 Å². The molecule has 0 saturated heterocycles. The SMILES string of the molecule is CNC(CCCc1ccccc1)Cc1ccncc1. The molecular weight excluding hydrogens is 232 g/mol. The average molecular weight is 254 g/mol. The second kappa shape index (κ2) is 7.70. The van der Waals surface area contributed by atoms with Crippen LogP contribution in [0.2, 0.25) is 0 Å². The molecule has 1 aromatic carbocycles. The topological polar surface area (TPSA) is 24.9 Å². The van der Waals surface area contributed by atoms with Crippen LogP contribution in [0.15, 0.2) is 54.9 Å². The minimum absolute atomic E-state index is 0.547. The van der Waals surface area contributed by atoms with E-state index in [0.717, 1.165) is 12.8 Å². The molecule has 1 unspecified atom stereocenters. The van der Waals surface area contributed by atoms with Crippen molar-refractivity contribution in [1.29, 1.82) is 0 Å². The third-order valence-electron chi connectivity index (χ3n) is 3.50. The molecule has 1 N–H and O–H groups in total. The molecular formula is C17H22N2. The third-order valence-corrected chi connectivity index (χ3v) is 3.50. The van der Waals surface area contributed by atoms with Crippen LogP contribution in [0.1, 0.15) is 24.0 Å². The summed E-state index contributed by atoms with van der Waals surface area (Å²) in [5, 5.41) is 3.42. The van der Waals surface area contributed by atoms with Crippen molar-refractivity contribution in [3.8, 4) is 0 Å². The van der Waals surface area contributed by atoms with Gasteiger partial charge in [-0.25, -0.2) is 0 Å². The largest absolute Gasteiger partial charge is 0.317 e. The quantitative estimate of drug-likeness (QED) is 0.820. The second-order valence-electron chi connectivity index (χ2n) is 4.92. The van der Waals surface area contributed by atoms with Crippen molar-refractivity contribution < 1.29 is 0 Å². The fourth-order valence-corrected chi connectivity index (χ4v) is 2.35. The minimum atomic E-state index is 0.547. The van der Waals surface area contributed by atoms with Gasteiger partial charge < -0.3 is 5.32 Å². The van der Waals surface area contributed by atoms with Crippen LogP contribution < -0.4 is 5.32 Å². The average Bonchev–Trinajstić information content (AvgIpc) is 2.48. The van der Waals surface area contributed by atoms with Crippen LogP contribution in [0, 0.1) is 0 Å². The highest BCUT2D eigenvalue weighted by atomic mass is 14.9. The van der Waals surface area contributed by atoms with E-state index < -0.39 is 0 Å². The highest BCUT2D eigenvalue weighted by Crippen LogP contribution is 2.10. The molecule has 100 valence electrons. The lowest BCUT2D eigenvalue weighted by atomic mass is 10.00. The molecule has 2 aromatic rings. The molecule has 1 atom stereocenters. The van der Waals surface area contributed by atoms with Gasteiger partial charge in [-0.1, -0.05) is 30.3 Å². The number of rotatable bonds is 7. The maximum Gasteiger partial charge on any atom is 0.0270 e. The second-order valence-corrected chi connectivity index (χ2v) is 4.92. The molecule has 0 bridgehead atoms. The molecule has 0 amide bonds. The van der Waals surface area contributed by atoms with Gasteiger partial charge in [-0.15, -0.1) is 0 Å². The smallest absolute Gasteiger partial charge is 0.0270 e. The minimum Gasteiger partial charge on any atom is -0.317 e. The summed E-state index contributed by atoms with van der Waals surface area (Å²) in [6.07, 6.45) is 8.40. The van der Waals surface area contributed by atoms with Gasteiger partial charge in [0.2, 0.25) is 0 Å². The van der Waals surface area contributed by atoms with Crippen molar-refractivity contribution in [3.63, 3.8) is 0 Å². The van der Waals surface area contributed by atoms with Crippen LogP contribution in [-0.4, -0.2) is 18.1 Å². The Bertz CT molecular complexity index is 453. The number of benzene rings is 1. The van der Waals surface area contributed by atoms with Crippen molar-refractivity contribution in [2.75, 3.05) is 7.05 Å². The summed E-state index contributed by atoms with van der Waals surface area (Å²) in [4.78, 5) is 4.06. The predicted molar refractivity (Wildman–Crippen MR) is 80.2 cm³/mol. The third kappa shape index (κ3) is 4.84. The number of hydrogen-bond donors (Lipinski definition) is 1. The summed E-state index contributed by atoms with van der Waals surface area (Å²) in [6.45, 7) is 0. The van der Waals surface area contributed by atoms with Gasteiger partial charge in [-0.2, -0.15) is 0 Å². The molecule has 0 fully saturated rings. The molecule has 0 aliphatic heterocycles. The van der Waals surface area contributed by atoms with Crippen LogP contribution in [0.4, 0.5) is 0 Å². The van der Waals surface area contributed by atoms with E-state index in [4.69, 9.17) is 0 Å². The van der Waals surface area contributed by atoms with E-state index in [1.54, 1.807) is 0 Å². The molecule has 2 rings (SSSR count). The summed E-state index contributed by atoms with van der Waals surface area (Å²) in [5.41, 5.74) is 2.79. The van der Waals surface area contributed by atoms with E-state index in [2.05, 4.69) is 52.8 Å². The van der Waals surface area contributed by atoms with Gasteiger partial charge in [0.15, 0.2) is 0 Å². The Morgan fingerprint density at radius 1 is 1.00 bits per heavy atom. The maximum absolute atomic E-state index is 4.06. The number of hydrogen-bond acceptors (Lipinski definition) is 2. The highest BCUT2D eigenvalue weighted by Gasteiger charge is 2.07. The summed E-state index contributed by atoms with van der Waals surface area (Å²) in [5.74, 6) is 0. The molecule has 0 aliphatic carbocycles. The molecule has 0 radical (unpaired) electrons. The zero-order chi connectivity index (χ0) is 13.3. The molecule has 2 heteroatoms. The fourth-order valence-electron chi connectivity index (χ4n) is 2.35. The molecule has 1 aromatic heterocycles. The predicted octanol–water partition coefficient (Wildman–Crippen LogP) is 3.24. The van der Waals surface area contributed by atoms with Crippen molar-refractivity contribution in [3.05, 3.63) is 66.0 Å². The lowest BCUT2D eigenvalue weighted by Gasteiger charge is -2.16. The van der Waals surface area contributed by atoms with Gasteiger partial charge in [0.1, 0.15) is 0 Å². The Balaban J connectivity index is 1.77. The Kier molecular flexibility index (Phi) is 5.57. The Labute approximate surface area is 115 Å². The molecule has 0 aliphatic rings. The van der Waals surface area contributed by atoms with E-state index in [9.17, 15) is 0 Å². The first-order valence-electron chi connectivity index (χ1n) is 6.98. The Morgan fingerprint density at radius 3 is 2.42 bits per heavy atom. The number of likely N-dealkylation sites (N-methyl/N-ethyl adjacent to an activating group) is 1. The van der Waals surface area contributed by atoms with Gasteiger partial charge in [0.05, 0.1) is 0 Å². The highest BCUT2D eigenvalue weighted by molar-refractivity contribution is 5.15. The number of nitrogens with zero attached hydrogens (tertiary/aromatic N) is 1. The van der Waals surface area contributed by atoms with Gasteiger partial charge in [-0.05, 0) is 56.0 Å². The van der Waals surface area contributed by atoms with E-state index in [1.165, 1.54) is 24.0 Å².